The van der Waals surface area contributed by atoms with Gasteiger partial charge in [-0.3, -0.25) is 13.8 Å². The third-order valence-electron chi connectivity index (χ3n) is 10.3. The Morgan fingerprint density at radius 2 is 0.967 bits per heavy atom. The number of hydrogen-bond acceptors (Lipinski definition) is 11. The van der Waals surface area contributed by atoms with Crippen molar-refractivity contribution in [2.24, 2.45) is 0 Å². The number of hydrogen-bond donors (Lipinski definition) is 6. The largest absolute Gasteiger partial charge is 0.472 e. The fraction of sp³-hybridized carbons (Fsp3) is 0.729. The van der Waals surface area contributed by atoms with Gasteiger partial charge in [0.2, 0.25) is 0 Å². The summed E-state index contributed by atoms with van der Waals surface area (Å²) < 4.78 is 34.1. The van der Waals surface area contributed by atoms with Gasteiger partial charge >= 0.3 is 13.8 Å². The molecule has 352 valence electrons. The van der Waals surface area contributed by atoms with Crippen LogP contribution in [0.4, 0.5) is 0 Å². The maximum absolute atomic E-state index is 12.8. The fourth-order valence-corrected chi connectivity index (χ4v) is 7.58. The minimum absolute atomic E-state index is 0.113. The highest BCUT2D eigenvalue weighted by molar-refractivity contribution is 7.47. The second kappa shape index (κ2) is 38.3. The topological polar surface area (TPSA) is 192 Å². The Hall–Kier alpha value is -2.22. The summed E-state index contributed by atoms with van der Waals surface area (Å²) in [6.45, 7) is 4.02. The summed E-state index contributed by atoms with van der Waals surface area (Å²) in [4.78, 5) is 23.2. The zero-order valence-electron chi connectivity index (χ0n) is 37.4. The third kappa shape index (κ3) is 30.5. The first-order valence-corrected chi connectivity index (χ1v) is 24.8. The van der Waals surface area contributed by atoms with Crippen LogP contribution in [0.25, 0.3) is 0 Å². The molecule has 1 aliphatic rings. The molecule has 61 heavy (non-hydrogen) atoms. The second-order valence-electron chi connectivity index (χ2n) is 15.9. The monoisotopic (exact) mass is 883 g/mol. The molecule has 13 heteroatoms. The van der Waals surface area contributed by atoms with E-state index < -0.39 is 63.1 Å². The summed E-state index contributed by atoms with van der Waals surface area (Å²) in [7, 11) is -5.04. The van der Waals surface area contributed by atoms with Crippen molar-refractivity contribution < 1.29 is 58.3 Å². The minimum atomic E-state index is -5.04. The van der Waals surface area contributed by atoms with Crippen molar-refractivity contribution in [1.82, 2.24) is 0 Å². The number of unbranched alkanes of at least 4 members (excludes halogenated alkanes) is 14. The van der Waals surface area contributed by atoms with Crippen molar-refractivity contribution >= 4 is 13.8 Å². The van der Waals surface area contributed by atoms with Gasteiger partial charge in [0.05, 0.1) is 13.2 Å². The summed E-state index contributed by atoms with van der Waals surface area (Å²) >= 11 is 0. The number of phosphoric acid groups is 1. The van der Waals surface area contributed by atoms with Crippen molar-refractivity contribution in [2.45, 2.75) is 204 Å². The number of aliphatic hydroxyl groups excluding tert-OH is 5. The Kier molecular flexibility index (Phi) is 35.6. The molecule has 0 aliphatic heterocycles. The normalized spacial score (nSPS) is 22.8. The first-order chi connectivity index (χ1) is 29.5. The Morgan fingerprint density at radius 3 is 1.49 bits per heavy atom. The number of carbonyl (C=O) groups excluding carboxylic acids is 1. The lowest BCUT2D eigenvalue weighted by Crippen LogP contribution is -2.64. The summed E-state index contributed by atoms with van der Waals surface area (Å²) in [5.74, 6) is -0.504. The molecule has 0 spiro atoms. The molecule has 0 amide bonds. The van der Waals surface area contributed by atoms with Gasteiger partial charge in [-0.25, -0.2) is 4.57 Å². The second-order valence-corrected chi connectivity index (χ2v) is 17.3. The first kappa shape index (κ1) is 56.8. The van der Waals surface area contributed by atoms with Gasteiger partial charge in [0.15, 0.2) is 0 Å². The van der Waals surface area contributed by atoms with E-state index in [9.17, 15) is 39.8 Å². The number of allylic oxidation sites excluding steroid dienone is 12. The molecule has 0 aromatic carbocycles. The van der Waals surface area contributed by atoms with E-state index in [4.69, 9.17) is 18.5 Å². The molecule has 0 heterocycles. The summed E-state index contributed by atoms with van der Waals surface area (Å²) in [6.07, 6.45) is 36.9. The van der Waals surface area contributed by atoms with Crippen molar-refractivity contribution in [3.8, 4) is 0 Å². The van der Waals surface area contributed by atoms with Crippen LogP contribution in [-0.4, -0.2) is 98.9 Å². The highest BCUT2D eigenvalue weighted by Gasteiger charge is 2.51. The Labute approximate surface area is 368 Å². The molecule has 6 atom stereocenters. The third-order valence-corrected chi connectivity index (χ3v) is 11.3. The Bertz CT molecular complexity index is 1280. The van der Waals surface area contributed by atoms with Crippen LogP contribution < -0.4 is 0 Å². The van der Waals surface area contributed by atoms with E-state index in [1.165, 1.54) is 44.9 Å². The molecule has 0 saturated heterocycles. The highest BCUT2D eigenvalue weighted by Crippen LogP contribution is 2.47. The Balaban J connectivity index is 2.45. The summed E-state index contributed by atoms with van der Waals surface area (Å²) in [5, 5.41) is 50.2. The number of phosphoric ester groups is 1. The molecular formula is C48H83O12P. The maximum atomic E-state index is 12.8. The quantitative estimate of drug-likeness (QED) is 0.0149. The van der Waals surface area contributed by atoms with Crippen molar-refractivity contribution in [2.75, 3.05) is 19.8 Å². The molecule has 0 radical (unpaired) electrons. The van der Waals surface area contributed by atoms with E-state index in [-0.39, 0.29) is 13.0 Å². The predicted octanol–water partition coefficient (Wildman–Crippen LogP) is 9.58. The van der Waals surface area contributed by atoms with Gasteiger partial charge in [-0.2, -0.15) is 0 Å². The fourth-order valence-electron chi connectivity index (χ4n) is 6.61. The molecule has 0 bridgehead atoms. The SMILES string of the molecule is CC/C=C\C/C=C\C/C=C\C/C=C\C/C=C\CCCCOCC(COP(=O)(O)OC1C(O)C(O)C(O)C(O)C1O)OC(=O)CCCCCCC/C=C\CCCCCCCCC. The van der Waals surface area contributed by atoms with Gasteiger partial charge in [0, 0.05) is 13.0 Å². The van der Waals surface area contributed by atoms with E-state index in [0.717, 1.165) is 89.9 Å². The van der Waals surface area contributed by atoms with Crippen LogP contribution in [-0.2, 0) is 27.9 Å². The molecule has 0 aromatic heterocycles. The van der Waals surface area contributed by atoms with Crippen molar-refractivity contribution in [1.29, 1.82) is 0 Å². The van der Waals surface area contributed by atoms with Crippen LogP contribution in [0.3, 0.4) is 0 Å². The molecule has 0 aromatic rings. The number of carbonyl (C=O) groups is 1. The van der Waals surface area contributed by atoms with Crippen molar-refractivity contribution in [3.05, 3.63) is 72.9 Å². The van der Waals surface area contributed by atoms with Crippen molar-refractivity contribution in [3.63, 3.8) is 0 Å². The molecule has 6 N–H and O–H groups in total. The van der Waals surface area contributed by atoms with Crippen LogP contribution in [0, 0.1) is 0 Å². The highest BCUT2D eigenvalue weighted by atomic mass is 31.2. The van der Waals surface area contributed by atoms with Crippen LogP contribution in [0.1, 0.15) is 162 Å². The van der Waals surface area contributed by atoms with E-state index in [0.29, 0.717) is 13.0 Å². The summed E-state index contributed by atoms with van der Waals surface area (Å²) in [5.41, 5.74) is 0. The van der Waals surface area contributed by atoms with Gasteiger partial charge in [0.25, 0.3) is 0 Å². The number of aliphatic hydroxyl groups is 5. The lowest BCUT2D eigenvalue weighted by Gasteiger charge is -2.41. The van der Waals surface area contributed by atoms with Gasteiger partial charge in [-0.15, -0.1) is 0 Å². The van der Waals surface area contributed by atoms with Gasteiger partial charge < -0.3 is 39.9 Å². The number of rotatable bonds is 38. The lowest BCUT2D eigenvalue weighted by molar-refractivity contribution is -0.220. The van der Waals surface area contributed by atoms with Crippen LogP contribution in [0.5, 0.6) is 0 Å². The lowest BCUT2D eigenvalue weighted by atomic mass is 9.85. The molecule has 12 nitrogen and oxygen atoms in total. The maximum Gasteiger partial charge on any atom is 0.472 e. The van der Waals surface area contributed by atoms with E-state index in [1.54, 1.807) is 0 Å². The Morgan fingerprint density at radius 1 is 0.541 bits per heavy atom. The smallest absolute Gasteiger partial charge is 0.457 e. The molecule has 1 rings (SSSR count). The molecule has 6 unspecified atom stereocenters. The van der Waals surface area contributed by atoms with Gasteiger partial charge in [-0.05, 0) is 83.5 Å². The van der Waals surface area contributed by atoms with Crippen LogP contribution in [0.15, 0.2) is 72.9 Å². The molecular weight excluding hydrogens is 799 g/mol. The molecule has 1 aliphatic carbocycles. The van der Waals surface area contributed by atoms with Crippen LogP contribution in [0.2, 0.25) is 0 Å². The number of esters is 1. The average molecular weight is 883 g/mol. The first-order valence-electron chi connectivity index (χ1n) is 23.3. The van der Waals surface area contributed by atoms with Gasteiger partial charge in [0.1, 0.15) is 42.7 Å². The van der Waals surface area contributed by atoms with E-state index in [1.807, 2.05) is 0 Å². The number of ether oxygens (including phenoxy) is 2. The molecule has 1 saturated carbocycles. The van der Waals surface area contributed by atoms with Crippen LogP contribution >= 0.6 is 7.82 Å². The minimum Gasteiger partial charge on any atom is -0.457 e. The average Bonchev–Trinajstić information content (AvgIpc) is 3.24. The van der Waals surface area contributed by atoms with Gasteiger partial charge in [-0.1, -0.05) is 145 Å². The standard InChI is InChI=1S/C48H83O12P/c1-3-5-7-9-11-13-15-17-19-21-22-24-26-28-30-32-34-36-38-57-39-41(40-58-61(55,56)60-48-46(53)44(51)43(50)45(52)47(48)54)59-42(49)37-35-33-31-29-27-25-23-20-18-16-14-12-10-8-6-4-2/h5,7,11,13,17,19-20,22-24,28,30,41,43-48,50-54H,3-4,6,8-10,12,14-16,18,21,25-27,29,31-40H2,1-2H3,(H,55,56)/b7-5-,13-11-,19-17-,23-20-,24-22-,30-28-. The van der Waals surface area contributed by atoms with E-state index in [2.05, 4.69) is 86.8 Å². The summed E-state index contributed by atoms with van der Waals surface area (Å²) in [6, 6.07) is 0. The zero-order chi connectivity index (χ0) is 44.8. The zero-order valence-corrected chi connectivity index (χ0v) is 38.3. The molecule has 1 fully saturated rings. The van der Waals surface area contributed by atoms with E-state index >= 15 is 0 Å². The predicted molar refractivity (Wildman–Crippen MR) is 244 cm³/mol.